The summed E-state index contributed by atoms with van der Waals surface area (Å²) in [6.45, 7) is 2.89. The van der Waals surface area contributed by atoms with Gasteiger partial charge >= 0.3 is 0 Å². The number of hydrogen-bond donors (Lipinski definition) is 0. The fourth-order valence-electron chi connectivity index (χ4n) is 2.68. The van der Waals surface area contributed by atoms with E-state index in [-0.39, 0.29) is 5.91 Å². The third kappa shape index (κ3) is 4.51. The maximum atomic E-state index is 12.3. The molecule has 0 aliphatic rings. The van der Waals surface area contributed by atoms with E-state index in [1.165, 1.54) is 0 Å². The van der Waals surface area contributed by atoms with Gasteiger partial charge in [0.2, 0.25) is 5.91 Å². The van der Waals surface area contributed by atoms with Crippen molar-refractivity contribution in [3.05, 3.63) is 78.1 Å². The second-order valence-corrected chi connectivity index (χ2v) is 6.24. The smallest absolute Gasteiger partial charge is 0.226 e. The van der Waals surface area contributed by atoms with E-state index in [1.807, 2.05) is 72.4 Å². The van der Waals surface area contributed by atoms with E-state index in [2.05, 4.69) is 5.10 Å². The van der Waals surface area contributed by atoms with Crippen molar-refractivity contribution in [2.45, 2.75) is 19.9 Å². The summed E-state index contributed by atoms with van der Waals surface area (Å²) < 4.78 is 7.52. The summed E-state index contributed by atoms with van der Waals surface area (Å²) in [6, 6.07) is 17.7. The lowest BCUT2D eigenvalue weighted by molar-refractivity contribution is -0.130. The number of aryl methyl sites for hydroxylation is 1. The first-order valence-electron chi connectivity index (χ1n) is 8.65. The SMILES string of the molecule is Cc1ccccc1OCCC(=O)N(C)Cc1cnn(-c2ccccc2)c1. The fourth-order valence-corrected chi connectivity index (χ4v) is 2.68. The molecule has 26 heavy (non-hydrogen) atoms. The first kappa shape index (κ1) is 17.7. The number of benzene rings is 2. The highest BCUT2D eigenvalue weighted by atomic mass is 16.5. The molecule has 0 spiro atoms. The minimum atomic E-state index is 0.0473. The summed E-state index contributed by atoms with van der Waals surface area (Å²) in [7, 11) is 1.80. The third-order valence-corrected chi connectivity index (χ3v) is 4.17. The molecule has 5 nitrogen and oxygen atoms in total. The highest BCUT2D eigenvalue weighted by molar-refractivity contribution is 5.76. The molecule has 0 N–H and O–H groups in total. The van der Waals surface area contributed by atoms with Crippen molar-refractivity contribution in [2.75, 3.05) is 13.7 Å². The third-order valence-electron chi connectivity index (χ3n) is 4.17. The summed E-state index contributed by atoms with van der Waals surface area (Å²) in [4.78, 5) is 14.0. The van der Waals surface area contributed by atoms with E-state index in [9.17, 15) is 4.79 Å². The van der Waals surface area contributed by atoms with Crippen molar-refractivity contribution >= 4 is 5.91 Å². The number of amides is 1. The van der Waals surface area contributed by atoms with Crippen LogP contribution in [0, 0.1) is 6.92 Å². The predicted molar refractivity (Wildman–Crippen MR) is 101 cm³/mol. The van der Waals surface area contributed by atoms with Crippen LogP contribution in [0.25, 0.3) is 5.69 Å². The maximum absolute atomic E-state index is 12.3. The van der Waals surface area contributed by atoms with Gasteiger partial charge in [0.15, 0.2) is 0 Å². The molecule has 3 rings (SSSR count). The normalized spacial score (nSPS) is 10.5. The van der Waals surface area contributed by atoms with E-state index < -0.39 is 0 Å². The van der Waals surface area contributed by atoms with Crippen LogP contribution in [0.15, 0.2) is 67.0 Å². The van der Waals surface area contributed by atoms with Crippen molar-refractivity contribution in [1.29, 1.82) is 0 Å². The van der Waals surface area contributed by atoms with Gasteiger partial charge in [0.1, 0.15) is 5.75 Å². The van der Waals surface area contributed by atoms with Crippen molar-refractivity contribution in [3.8, 4) is 11.4 Å². The molecular weight excluding hydrogens is 326 g/mol. The van der Waals surface area contributed by atoms with Crippen LogP contribution in [0.3, 0.4) is 0 Å². The Hall–Kier alpha value is -3.08. The summed E-state index contributed by atoms with van der Waals surface area (Å²) in [5.41, 5.74) is 3.06. The van der Waals surface area contributed by atoms with E-state index >= 15 is 0 Å². The highest BCUT2D eigenvalue weighted by Crippen LogP contribution is 2.16. The van der Waals surface area contributed by atoms with Crippen molar-refractivity contribution < 1.29 is 9.53 Å². The molecule has 0 saturated carbocycles. The van der Waals surface area contributed by atoms with E-state index in [4.69, 9.17) is 4.74 Å². The van der Waals surface area contributed by atoms with Gasteiger partial charge in [0.25, 0.3) is 0 Å². The second-order valence-electron chi connectivity index (χ2n) is 6.24. The first-order valence-corrected chi connectivity index (χ1v) is 8.65. The number of ether oxygens (including phenoxy) is 1. The quantitative estimate of drug-likeness (QED) is 0.655. The molecule has 5 heteroatoms. The fraction of sp³-hybridized carbons (Fsp3) is 0.238. The van der Waals surface area contributed by atoms with Crippen LogP contribution in [-0.2, 0) is 11.3 Å². The number of nitrogens with zero attached hydrogens (tertiary/aromatic N) is 3. The molecule has 0 saturated heterocycles. The summed E-state index contributed by atoms with van der Waals surface area (Å²) >= 11 is 0. The standard InChI is InChI=1S/C21H23N3O2/c1-17-8-6-7-11-20(17)26-13-12-21(25)23(2)15-18-14-22-24(16-18)19-9-4-3-5-10-19/h3-11,14,16H,12-13,15H2,1-2H3. The number of para-hydroxylation sites is 2. The molecule has 0 radical (unpaired) electrons. The van der Waals surface area contributed by atoms with Gasteiger partial charge < -0.3 is 9.64 Å². The lowest BCUT2D eigenvalue weighted by atomic mass is 10.2. The Morgan fingerprint density at radius 3 is 2.62 bits per heavy atom. The number of carbonyl (C=O) groups is 1. The molecule has 3 aromatic rings. The Kier molecular flexibility index (Phi) is 5.69. The minimum Gasteiger partial charge on any atom is -0.493 e. The minimum absolute atomic E-state index is 0.0473. The van der Waals surface area contributed by atoms with Gasteiger partial charge in [-0.1, -0.05) is 36.4 Å². The van der Waals surface area contributed by atoms with Crippen molar-refractivity contribution in [2.24, 2.45) is 0 Å². The molecule has 0 bridgehead atoms. The van der Waals surface area contributed by atoms with Crippen molar-refractivity contribution in [1.82, 2.24) is 14.7 Å². The molecule has 0 fully saturated rings. The molecule has 0 unspecified atom stereocenters. The Bertz CT molecular complexity index is 858. The van der Waals surface area contributed by atoms with E-state index in [1.54, 1.807) is 18.1 Å². The average Bonchev–Trinajstić information content (AvgIpc) is 3.12. The lowest BCUT2D eigenvalue weighted by Crippen LogP contribution is -2.27. The topological polar surface area (TPSA) is 47.4 Å². The number of aromatic nitrogens is 2. The van der Waals surface area contributed by atoms with Crippen LogP contribution < -0.4 is 4.74 Å². The van der Waals surface area contributed by atoms with Crippen LogP contribution >= 0.6 is 0 Å². The monoisotopic (exact) mass is 349 g/mol. The predicted octanol–water partition coefficient (Wildman–Crippen LogP) is 3.61. The second kappa shape index (κ2) is 8.34. The summed E-state index contributed by atoms with van der Waals surface area (Å²) in [5, 5.41) is 4.36. The zero-order valence-corrected chi connectivity index (χ0v) is 15.1. The van der Waals surface area contributed by atoms with Gasteiger partial charge in [-0.05, 0) is 30.7 Å². The number of rotatable bonds is 7. The molecule has 1 aromatic heterocycles. The Morgan fingerprint density at radius 2 is 1.85 bits per heavy atom. The number of hydrogen-bond acceptors (Lipinski definition) is 3. The molecule has 1 heterocycles. The molecule has 2 aromatic carbocycles. The zero-order valence-electron chi connectivity index (χ0n) is 15.1. The highest BCUT2D eigenvalue weighted by Gasteiger charge is 2.11. The largest absolute Gasteiger partial charge is 0.493 e. The lowest BCUT2D eigenvalue weighted by Gasteiger charge is -2.16. The van der Waals surface area contributed by atoms with E-state index in [0.29, 0.717) is 19.6 Å². The molecular formula is C21H23N3O2. The van der Waals surface area contributed by atoms with Crippen LogP contribution in [-0.4, -0.2) is 34.2 Å². The first-order chi connectivity index (χ1) is 12.6. The Labute approximate surface area is 153 Å². The van der Waals surface area contributed by atoms with E-state index in [0.717, 1.165) is 22.6 Å². The number of carbonyl (C=O) groups excluding carboxylic acids is 1. The summed E-state index contributed by atoms with van der Waals surface area (Å²) in [5.74, 6) is 0.873. The van der Waals surface area contributed by atoms with Crippen LogP contribution in [0.2, 0.25) is 0 Å². The summed E-state index contributed by atoms with van der Waals surface area (Å²) in [6.07, 6.45) is 4.08. The van der Waals surface area contributed by atoms with Gasteiger partial charge in [-0.25, -0.2) is 4.68 Å². The van der Waals surface area contributed by atoms with Gasteiger partial charge in [0, 0.05) is 25.4 Å². The van der Waals surface area contributed by atoms with Gasteiger partial charge in [-0.15, -0.1) is 0 Å². The Balaban J connectivity index is 1.50. The Morgan fingerprint density at radius 1 is 1.12 bits per heavy atom. The van der Waals surface area contributed by atoms with Gasteiger partial charge in [-0.3, -0.25) is 4.79 Å². The van der Waals surface area contributed by atoms with Crippen LogP contribution in [0.4, 0.5) is 0 Å². The molecule has 134 valence electrons. The average molecular weight is 349 g/mol. The zero-order chi connectivity index (χ0) is 18.4. The van der Waals surface area contributed by atoms with Crippen LogP contribution in [0.5, 0.6) is 5.75 Å². The van der Waals surface area contributed by atoms with Crippen molar-refractivity contribution in [3.63, 3.8) is 0 Å². The van der Waals surface area contributed by atoms with Gasteiger partial charge in [-0.2, -0.15) is 5.10 Å². The molecule has 0 aliphatic heterocycles. The van der Waals surface area contributed by atoms with Gasteiger partial charge in [0.05, 0.1) is 24.9 Å². The molecule has 0 aliphatic carbocycles. The maximum Gasteiger partial charge on any atom is 0.226 e. The van der Waals surface area contributed by atoms with Crippen LogP contribution in [0.1, 0.15) is 17.5 Å². The molecule has 0 atom stereocenters. The molecule has 1 amide bonds.